The molecule has 0 aliphatic heterocycles. The van der Waals surface area contributed by atoms with E-state index in [0.717, 1.165) is 17.5 Å². The van der Waals surface area contributed by atoms with E-state index >= 15 is 0 Å². The molecule has 2 nitrogen and oxygen atoms in total. The fourth-order valence-electron chi connectivity index (χ4n) is 2.27. The van der Waals surface area contributed by atoms with E-state index in [9.17, 15) is 18.0 Å². The number of hydrogen-bond donors (Lipinski definition) is 0. The van der Waals surface area contributed by atoms with E-state index in [1.807, 2.05) is 6.07 Å². The predicted octanol–water partition coefficient (Wildman–Crippen LogP) is 4.01. The van der Waals surface area contributed by atoms with Crippen LogP contribution in [0.15, 0.2) is 65.5 Å². The maximum Gasteiger partial charge on any atom is 0.416 e. The van der Waals surface area contributed by atoms with Gasteiger partial charge < -0.3 is 0 Å². The fraction of sp³-hybridized carbons (Fsp3) is 0.0625. The first-order valence-corrected chi connectivity index (χ1v) is 6.25. The van der Waals surface area contributed by atoms with Crippen molar-refractivity contribution in [3.8, 4) is 5.69 Å². The summed E-state index contributed by atoms with van der Waals surface area (Å²) in [4.78, 5) is 12.1. The van der Waals surface area contributed by atoms with Crippen molar-refractivity contribution in [1.82, 2.24) is 4.57 Å². The maximum atomic E-state index is 12.8. The van der Waals surface area contributed by atoms with Gasteiger partial charge in [-0.2, -0.15) is 13.2 Å². The van der Waals surface area contributed by atoms with Crippen LogP contribution in [0.5, 0.6) is 0 Å². The van der Waals surface area contributed by atoms with Crippen LogP contribution >= 0.6 is 0 Å². The van der Waals surface area contributed by atoms with Gasteiger partial charge in [0.2, 0.25) is 0 Å². The fourth-order valence-corrected chi connectivity index (χ4v) is 2.27. The summed E-state index contributed by atoms with van der Waals surface area (Å²) in [5.74, 6) is 0. The molecule has 0 amide bonds. The minimum Gasteiger partial charge on any atom is -0.277 e. The highest BCUT2D eigenvalue weighted by molar-refractivity contribution is 5.80. The molecule has 2 aromatic carbocycles. The molecular weight excluding hydrogens is 279 g/mol. The Morgan fingerprint density at radius 3 is 2.38 bits per heavy atom. The quantitative estimate of drug-likeness (QED) is 0.663. The van der Waals surface area contributed by atoms with E-state index in [-0.39, 0.29) is 11.2 Å². The first kappa shape index (κ1) is 13.4. The number of fused-ring (bicyclic) bond motifs is 1. The van der Waals surface area contributed by atoms with E-state index in [1.165, 1.54) is 22.8 Å². The molecule has 0 unspecified atom stereocenters. The Bertz CT molecular complexity index is 865. The van der Waals surface area contributed by atoms with E-state index < -0.39 is 11.7 Å². The molecule has 3 rings (SSSR count). The van der Waals surface area contributed by atoms with Crippen LogP contribution in [0.25, 0.3) is 16.6 Å². The largest absolute Gasteiger partial charge is 0.416 e. The average molecular weight is 289 g/mol. The lowest BCUT2D eigenvalue weighted by atomic mass is 10.1. The van der Waals surface area contributed by atoms with E-state index in [1.54, 1.807) is 24.3 Å². The van der Waals surface area contributed by atoms with Crippen LogP contribution in [0.3, 0.4) is 0 Å². The van der Waals surface area contributed by atoms with Crippen LogP contribution in [0, 0.1) is 0 Å². The number of halogens is 3. The number of nitrogens with zero attached hydrogens (tertiary/aromatic N) is 1. The third-order valence-electron chi connectivity index (χ3n) is 3.24. The number of pyridine rings is 1. The average Bonchev–Trinajstić information content (AvgIpc) is 2.46. The Kier molecular flexibility index (Phi) is 3.05. The molecule has 3 aromatic rings. The van der Waals surface area contributed by atoms with Gasteiger partial charge in [-0.15, -0.1) is 0 Å². The minimum absolute atomic E-state index is 0.201. The molecule has 0 fully saturated rings. The van der Waals surface area contributed by atoms with Crippen molar-refractivity contribution in [2.45, 2.75) is 6.18 Å². The van der Waals surface area contributed by atoms with Crippen molar-refractivity contribution in [3.63, 3.8) is 0 Å². The van der Waals surface area contributed by atoms with Gasteiger partial charge in [0.1, 0.15) is 0 Å². The Hall–Kier alpha value is -2.56. The summed E-state index contributed by atoms with van der Waals surface area (Å²) in [6.45, 7) is 0. The highest BCUT2D eigenvalue weighted by atomic mass is 19.4. The SMILES string of the molecule is O=c1ccc2ccccc2n1-c1cccc(C(F)(F)F)c1. The molecule has 0 atom stereocenters. The van der Waals surface area contributed by atoms with Gasteiger partial charge in [0.05, 0.1) is 11.1 Å². The van der Waals surface area contributed by atoms with Crippen LogP contribution < -0.4 is 5.56 Å². The summed E-state index contributed by atoms with van der Waals surface area (Å²) in [5, 5.41) is 0.787. The molecule has 5 heteroatoms. The second-order valence-corrected chi connectivity index (χ2v) is 4.61. The molecule has 0 radical (unpaired) electrons. The summed E-state index contributed by atoms with van der Waals surface area (Å²) in [6.07, 6.45) is -4.44. The number of benzene rings is 2. The summed E-state index contributed by atoms with van der Waals surface area (Å²) in [6, 6.07) is 14.8. The molecule has 1 aromatic heterocycles. The summed E-state index contributed by atoms with van der Waals surface area (Å²) in [5.41, 5.74) is -0.371. The van der Waals surface area contributed by atoms with Gasteiger partial charge in [-0.3, -0.25) is 9.36 Å². The van der Waals surface area contributed by atoms with Gasteiger partial charge >= 0.3 is 6.18 Å². The van der Waals surface area contributed by atoms with Crippen molar-refractivity contribution in [3.05, 3.63) is 76.6 Å². The van der Waals surface area contributed by atoms with Crippen LogP contribution in [0.4, 0.5) is 13.2 Å². The van der Waals surface area contributed by atoms with Crippen LogP contribution in [0.2, 0.25) is 0 Å². The topological polar surface area (TPSA) is 22.0 Å². The van der Waals surface area contributed by atoms with Gasteiger partial charge in [-0.1, -0.05) is 24.3 Å². The smallest absolute Gasteiger partial charge is 0.277 e. The molecule has 0 spiro atoms. The molecule has 106 valence electrons. The first-order chi connectivity index (χ1) is 9.97. The van der Waals surface area contributed by atoms with Crippen molar-refractivity contribution in [1.29, 1.82) is 0 Å². The number of aromatic nitrogens is 1. The van der Waals surface area contributed by atoms with E-state index in [2.05, 4.69) is 0 Å². The highest BCUT2D eigenvalue weighted by Crippen LogP contribution is 2.30. The van der Waals surface area contributed by atoms with Gasteiger partial charge in [0.15, 0.2) is 0 Å². The monoisotopic (exact) mass is 289 g/mol. The molecule has 21 heavy (non-hydrogen) atoms. The van der Waals surface area contributed by atoms with Gasteiger partial charge in [-0.05, 0) is 35.7 Å². The summed E-state index contributed by atoms with van der Waals surface area (Å²) in [7, 11) is 0. The maximum absolute atomic E-state index is 12.8. The normalized spacial score (nSPS) is 11.8. The van der Waals surface area contributed by atoms with Crippen LogP contribution in [-0.2, 0) is 6.18 Å². The van der Waals surface area contributed by atoms with Gasteiger partial charge in [0, 0.05) is 11.8 Å². The van der Waals surface area contributed by atoms with Crippen molar-refractivity contribution < 1.29 is 13.2 Å². The van der Waals surface area contributed by atoms with Crippen molar-refractivity contribution in [2.24, 2.45) is 0 Å². The molecule has 0 saturated carbocycles. The Labute approximate surface area is 118 Å². The lowest BCUT2D eigenvalue weighted by molar-refractivity contribution is -0.137. The third kappa shape index (κ3) is 2.42. The highest BCUT2D eigenvalue weighted by Gasteiger charge is 2.30. The van der Waals surface area contributed by atoms with E-state index in [4.69, 9.17) is 0 Å². The second kappa shape index (κ2) is 4.77. The molecule has 1 heterocycles. The summed E-state index contributed by atoms with van der Waals surface area (Å²) >= 11 is 0. The van der Waals surface area contributed by atoms with Gasteiger partial charge in [0.25, 0.3) is 5.56 Å². The Morgan fingerprint density at radius 1 is 0.857 bits per heavy atom. The molecule has 0 aliphatic carbocycles. The molecule has 0 N–H and O–H groups in total. The van der Waals surface area contributed by atoms with E-state index in [0.29, 0.717) is 5.52 Å². The van der Waals surface area contributed by atoms with Crippen molar-refractivity contribution in [2.75, 3.05) is 0 Å². The lowest BCUT2D eigenvalue weighted by Crippen LogP contribution is -2.18. The zero-order valence-corrected chi connectivity index (χ0v) is 10.8. The molecule has 0 aliphatic rings. The number of para-hydroxylation sites is 1. The van der Waals surface area contributed by atoms with Gasteiger partial charge in [-0.25, -0.2) is 0 Å². The lowest BCUT2D eigenvalue weighted by Gasteiger charge is -2.12. The molecule has 0 saturated heterocycles. The predicted molar refractivity (Wildman–Crippen MR) is 74.5 cm³/mol. The second-order valence-electron chi connectivity index (χ2n) is 4.61. The number of hydrogen-bond acceptors (Lipinski definition) is 1. The van der Waals surface area contributed by atoms with Crippen LogP contribution in [-0.4, -0.2) is 4.57 Å². The minimum atomic E-state index is -4.44. The standard InChI is InChI=1S/C16H10F3NO/c17-16(18,19)12-5-3-6-13(10-12)20-14-7-2-1-4-11(14)8-9-15(20)21/h1-10H. The number of alkyl halides is 3. The zero-order chi connectivity index (χ0) is 15.0. The first-order valence-electron chi connectivity index (χ1n) is 6.25. The zero-order valence-electron chi connectivity index (χ0n) is 10.8. The number of rotatable bonds is 1. The molecule has 0 bridgehead atoms. The Balaban J connectivity index is 2.31. The Morgan fingerprint density at radius 2 is 1.62 bits per heavy atom. The molecular formula is C16H10F3NO. The summed E-state index contributed by atoms with van der Waals surface area (Å²) < 4.78 is 39.7. The third-order valence-corrected chi connectivity index (χ3v) is 3.24. The van der Waals surface area contributed by atoms with Crippen molar-refractivity contribution >= 4 is 10.9 Å². The van der Waals surface area contributed by atoms with Crippen LogP contribution in [0.1, 0.15) is 5.56 Å².